The van der Waals surface area contributed by atoms with Crippen LogP contribution in [-0.2, 0) is 17.6 Å². The van der Waals surface area contributed by atoms with E-state index in [0.29, 0.717) is 22.3 Å². The summed E-state index contributed by atoms with van der Waals surface area (Å²) < 4.78 is 11.5. The summed E-state index contributed by atoms with van der Waals surface area (Å²) >= 11 is 0. The number of benzene rings is 3. The van der Waals surface area contributed by atoms with E-state index in [9.17, 15) is 9.59 Å². The van der Waals surface area contributed by atoms with E-state index in [1.165, 1.54) is 5.56 Å². The van der Waals surface area contributed by atoms with Gasteiger partial charge in [0.05, 0.1) is 12.7 Å². The molecule has 0 atom stereocenters. The molecule has 6 heteroatoms. The van der Waals surface area contributed by atoms with Crippen LogP contribution in [0.5, 0.6) is 0 Å². The molecule has 5 rings (SSSR count). The van der Waals surface area contributed by atoms with Crippen LogP contribution in [0.15, 0.2) is 81.8 Å². The number of para-hydroxylation sites is 1. The van der Waals surface area contributed by atoms with E-state index < -0.39 is 5.91 Å². The number of amides is 2. The van der Waals surface area contributed by atoms with E-state index in [2.05, 4.69) is 23.6 Å². The molecule has 3 aromatic carbocycles. The Bertz CT molecular complexity index is 1530. The highest BCUT2D eigenvalue weighted by atomic mass is 16.3. The fourth-order valence-corrected chi connectivity index (χ4v) is 4.08. The van der Waals surface area contributed by atoms with Gasteiger partial charge in [0.2, 0.25) is 11.7 Å². The van der Waals surface area contributed by atoms with Gasteiger partial charge in [-0.25, -0.2) is 0 Å². The summed E-state index contributed by atoms with van der Waals surface area (Å²) in [4.78, 5) is 26.2. The number of fused-ring (bicyclic) bond motifs is 2. The van der Waals surface area contributed by atoms with Crippen molar-refractivity contribution in [2.45, 2.75) is 26.7 Å². The number of hydrogen-bond donors (Lipinski definition) is 2. The van der Waals surface area contributed by atoms with E-state index in [1.807, 2.05) is 55.5 Å². The first-order valence-corrected chi connectivity index (χ1v) is 11.2. The second-order valence-corrected chi connectivity index (χ2v) is 8.30. The zero-order valence-corrected chi connectivity index (χ0v) is 19.0. The maximum Gasteiger partial charge on any atom is 0.293 e. The zero-order chi connectivity index (χ0) is 23.7. The summed E-state index contributed by atoms with van der Waals surface area (Å²) in [6.45, 7) is 4.03. The molecule has 2 amide bonds. The number of hydrogen-bond acceptors (Lipinski definition) is 4. The van der Waals surface area contributed by atoms with Crippen molar-refractivity contribution in [2.24, 2.45) is 0 Å². The molecule has 0 saturated carbocycles. The van der Waals surface area contributed by atoms with Crippen LogP contribution >= 0.6 is 0 Å². The predicted molar refractivity (Wildman–Crippen MR) is 133 cm³/mol. The minimum atomic E-state index is -0.432. The molecule has 34 heavy (non-hydrogen) atoms. The molecular weight excluding hydrogens is 428 g/mol. The van der Waals surface area contributed by atoms with Gasteiger partial charge in [0.15, 0.2) is 0 Å². The van der Waals surface area contributed by atoms with Crippen LogP contribution in [0.25, 0.3) is 21.9 Å². The highest BCUT2D eigenvalue weighted by molar-refractivity contribution is 6.14. The highest BCUT2D eigenvalue weighted by Crippen LogP contribution is 2.32. The summed E-state index contributed by atoms with van der Waals surface area (Å²) in [6, 6.07) is 20.7. The largest absolute Gasteiger partial charge is 0.464 e. The zero-order valence-electron chi connectivity index (χ0n) is 19.0. The lowest BCUT2D eigenvalue weighted by Crippen LogP contribution is -2.18. The highest BCUT2D eigenvalue weighted by Gasteiger charge is 2.23. The summed E-state index contributed by atoms with van der Waals surface area (Å²) in [6.07, 6.45) is 2.62. The number of aryl methyl sites for hydroxylation is 2. The molecule has 0 saturated heterocycles. The predicted octanol–water partition coefficient (Wildman–Crippen LogP) is 6.48. The Morgan fingerprint density at radius 2 is 1.74 bits per heavy atom. The van der Waals surface area contributed by atoms with Crippen molar-refractivity contribution in [2.75, 3.05) is 10.6 Å². The van der Waals surface area contributed by atoms with Gasteiger partial charge in [0, 0.05) is 22.0 Å². The Morgan fingerprint density at radius 1 is 0.882 bits per heavy atom. The second-order valence-electron chi connectivity index (χ2n) is 8.30. The van der Waals surface area contributed by atoms with E-state index in [1.54, 1.807) is 18.4 Å². The molecule has 0 spiro atoms. The Morgan fingerprint density at radius 3 is 2.56 bits per heavy atom. The van der Waals surface area contributed by atoms with Crippen LogP contribution in [0.2, 0.25) is 0 Å². The fraction of sp³-hybridized carbons (Fsp3) is 0.143. The molecule has 0 fully saturated rings. The number of carbonyl (C=O) groups is 2. The Labute approximate surface area is 196 Å². The third-order valence-corrected chi connectivity index (χ3v) is 5.82. The standard InChI is InChI=1S/C28H24N2O4/c1-3-18-11-12-23-22(14-18)19(16-33-23)15-25(31)30-26-21-9-4-5-10-24(21)34-27(26)28(32)29-20-8-6-7-17(2)13-20/h4-14,16H,3,15H2,1-2H3,(H,29,32)(H,30,31). The molecule has 0 unspecified atom stereocenters. The van der Waals surface area contributed by atoms with Gasteiger partial charge in [-0.3, -0.25) is 9.59 Å². The first-order chi connectivity index (χ1) is 16.5. The molecule has 170 valence electrons. The Hall–Kier alpha value is -4.32. The van der Waals surface area contributed by atoms with E-state index in [0.717, 1.165) is 28.5 Å². The van der Waals surface area contributed by atoms with Gasteiger partial charge in [-0.05, 0) is 60.9 Å². The molecule has 0 bridgehead atoms. The minimum absolute atomic E-state index is 0.0568. The van der Waals surface area contributed by atoms with Crippen molar-refractivity contribution in [3.8, 4) is 0 Å². The van der Waals surface area contributed by atoms with Gasteiger partial charge >= 0.3 is 0 Å². The van der Waals surface area contributed by atoms with E-state index >= 15 is 0 Å². The first-order valence-electron chi connectivity index (χ1n) is 11.2. The lowest BCUT2D eigenvalue weighted by Gasteiger charge is -2.08. The third kappa shape index (κ3) is 4.18. The van der Waals surface area contributed by atoms with E-state index in [4.69, 9.17) is 8.83 Å². The van der Waals surface area contributed by atoms with Gasteiger partial charge in [-0.2, -0.15) is 0 Å². The Balaban J connectivity index is 1.44. The molecule has 6 nitrogen and oxygen atoms in total. The quantitative estimate of drug-likeness (QED) is 0.309. The normalized spacial score (nSPS) is 11.1. The first kappa shape index (κ1) is 21.5. The van der Waals surface area contributed by atoms with Gasteiger partial charge < -0.3 is 19.5 Å². The van der Waals surface area contributed by atoms with Crippen LogP contribution in [0.3, 0.4) is 0 Å². The lowest BCUT2D eigenvalue weighted by molar-refractivity contribution is -0.115. The van der Waals surface area contributed by atoms with Crippen molar-refractivity contribution in [3.05, 3.63) is 95.4 Å². The second kappa shape index (κ2) is 8.90. The molecule has 0 aliphatic carbocycles. The fourth-order valence-electron chi connectivity index (χ4n) is 4.08. The maximum atomic E-state index is 13.1. The number of anilines is 2. The summed E-state index contributed by atoms with van der Waals surface area (Å²) in [7, 11) is 0. The number of rotatable bonds is 6. The van der Waals surface area contributed by atoms with Crippen molar-refractivity contribution in [1.82, 2.24) is 0 Å². The van der Waals surface area contributed by atoms with E-state index in [-0.39, 0.29) is 18.1 Å². The van der Waals surface area contributed by atoms with Crippen molar-refractivity contribution in [3.63, 3.8) is 0 Å². The topological polar surface area (TPSA) is 84.5 Å². The van der Waals surface area contributed by atoms with Gasteiger partial charge in [0.25, 0.3) is 5.91 Å². The smallest absolute Gasteiger partial charge is 0.293 e. The lowest BCUT2D eigenvalue weighted by atomic mass is 10.1. The monoisotopic (exact) mass is 452 g/mol. The summed E-state index contributed by atoms with van der Waals surface area (Å²) in [5.74, 6) is -0.638. The number of carbonyl (C=O) groups excluding carboxylic acids is 2. The summed E-state index contributed by atoms with van der Waals surface area (Å²) in [5, 5.41) is 7.35. The third-order valence-electron chi connectivity index (χ3n) is 5.82. The maximum absolute atomic E-state index is 13.1. The number of nitrogens with one attached hydrogen (secondary N) is 2. The van der Waals surface area contributed by atoms with Crippen LogP contribution in [0.1, 0.15) is 34.2 Å². The average Bonchev–Trinajstić information content (AvgIpc) is 3.40. The number of furan rings is 2. The molecule has 2 heterocycles. The van der Waals surface area contributed by atoms with Crippen LogP contribution < -0.4 is 10.6 Å². The molecule has 5 aromatic rings. The Kier molecular flexibility index (Phi) is 5.64. The van der Waals surface area contributed by atoms with Gasteiger partial charge in [-0.15, -0.1) is 0 Å². The van der Waals surface area contributed by atoms with Crippen molar-refractivity contribution in [1.29, 1.82) is 0 Å². The van der Waals surface area contributed by atoms with Crippen molar-refractivity contribution < 1.29 is 18.4 Å². The molecule has 2 N–H and O–H groups in total. The molecule has 2 aromatic heterocycles. The molecule has 0 aliphatic heterocycles. The molecule has 0 aliphatic rings. The molecular formula is C28H24N2O4. The van der Waals surface area contributed by atoms with Crippen LogP contribution in [0.4, 0.5) is 11.4 Å². The van der Waals surface area contributed by atoms with Gasteiger partial charge in [-0.1, -0.05) is 37.3 Å². The van der Waals surface area contributed by atoms with Crippen LogP contribution in [-0.4, -0.2) is 11.8 Å². The minimum Gasteiger partial charge on any atom is -0.464 e. The van der Waals surface area contributed by atoms with Crippen LogP contribution in [0, 0.1) is 6.92 Å². The SMILES string of the molecule is CCc1ccc2occ(CC(=O)Nc3c(C(=O)Nc4cccc(C)c4)oc4ccccc34)c2c1. The summed E-state index contributed by atoms with van der Waals surface area (Å²) in [5.41, 5.74) is 5.26. The average molecular weight is 453 g/mol. The molecule has 0 radical (unpaired) electrons. The van der Waals surface area contributed by atoms with Crippen molar-refractivity contribution >= 4 is 45.1 Å². The van der Waals surface area contributed by atoms with Gasteiger partial charge in [0.1, 0.15) is 16.9 Å².